The first-order chi connectivity index (χ1) is 8.56. The summed E-state index contributed by atoms with van der Waals surface area (Å²) in [6.45, 7) is 2.74. The van der Waals surface area contributed by atoms with Gasteiger partial charge in [0.1, 0.15) is 5.82 Å². The average molecular weight is 254 g/mol. The Balaban J connectivity index is 2.65. The third-order valence-corrected chi connectivity index (χ3v) is 2.72. The summed E-state index contributed by atoms with van der Waals surface area (Å²) in [5.41, 5.74) is 5.49. The van der Waals surface area contributed by atoms with Crippen molar-refractivity contribution >= 4 is 17.3 Å². The highest BCUT2D eigenvalue weighted by molar-refractivity contribution is 5.94. The third-order valence-electron chi connectivity index (χ3n) is 2.72. The molecule has 1 aromatic carbocycles. The lowest BCUT2D eigenvalue weighted by atomic mass is 10.1. The zero-order valence-corrected chi connectivity index (χ0v) is 10.5. The molecule has 0 heterocycles. The van der Waals surface area contributed by atoms with Gasteiger partial charge in [-0.25, -0.2) is 9.18 Å². The molecule has 4 nitrogen and oxygen atoms in total. The highest BCUT2D eigenvalue weighted by atomic mass is 19.1. The van der Waals surface area contributed by atoms with Crippen molar-refractivity contribution in [3.8, 4) is 0 Å². The molecule has 0 aliphatic rings. The van der Waals surface area contributed by atoms with Crippen LogP contribution in [-0.4, -0.2) is 17.6 Å². The minimum atomic E-state index is -1.15. The molecule has 1 rings (SSSR count). The van der Waals surface area contributed by atoms with Gasteiger partial charge in [-0.05, 0) is 18.6 Å². The van der Waals surface area contributed by atoms with Crippen molar-refractivity contribution in [1.29, 1.82) is 0 Å². The molecule has 0 unspecified atom stereocenters. The fourth-order valence-electron chi connectivity index (χ4n) is 1.68. The number of carboxylic acid groups (broad SMARTS) is 1. The summed E-state index contributed by atoms with van der Waals surface area (Å²) in [7, 11) is 0. The number of rotatable bonds is 7. The lowest BCUT2D eigenvalue weighted by Gasteiger charge is -2.10. The number of anilines is 2. The van der Waals surface area contributed by atoms with Gasteiger partial charge < -0.3 is 16.2 Å². The number of hydrogen-bond acceptors (Lipinski definition) is 3. The molecule has 0 aromatic heterocycles. The molecule has 0 aliphatic carbocycles. The second-order valence-corrected chi connectivity index (χ2v) is 4.21. The predicted octanol–water partition coefficient (Wildman–Crippen LogP) is 3.10. The Morgan fingerprint density at radius 1 is 1.39 bits per heavy atom. The molecule has 0 saturated heterocycles. The van der Waals surface area contributed by atoms with Crippen LogP contribution in [0.25, 0.3) is 0 Å². The first-order valence-electron chi connectivity index (χ1n) is 6.12. The molecule has 4 N–H and O–H groups in total. The molecule has 0 atom stereocenters. The van der Waals surface area contributed by atoms with Crippen molar-refractivity contribution < 1.29 is 14.3 Å². The average Bonchev–Trinajstić information content (AvgIpc) is 2.30. The zero-order chi connectivity index (χ0) is 13.5. The number of benzene rings is 1. The maximum Gasteiger partial charge on any atom is 0.337 e. The highest BCUT2D eigenvalue weighted by Gasteiger charge is 2.12. The Labute approximate surface area is 106 Å². The van der Waals surface area contributed by atoms with Gasteiger partial charge in [0.25, 0.3) is 0 Å². The quantitative estimate of drug-likeness (QED) is 0.516. The third kappa shape index (κ3) is 3.91. The lowest BCUT2D eigenvalue weighted by Crippen LogP contribution is -2.08. The van der Waals surface area contributed by atoms with Crippen LogP contribution < -0.4 is 11.1 Å². The maximum absolute atomic E-state index is 13.5. The smallest absolute Gasteiger partial charge is 0.337 e. The summed E-state index contributed by atoms with van der Waals surface area (Å²) in [5, 5.41) is 11.8. The Hall–Kier alpha value is -1.78. The molecule has 5 heteroatoms. The number of carbonyl (C=O) groups is 1. The number of hydrogen-bond donors (Lipinski definition) is 3. The van der Waals surface area contributed by atoms with Gasteiger partial charge in [0.2, 0.25) is 0 Å². The number of aromatic carboxylic acids is 1. The van der Waals surface area contributed by atoms with Gasteiger partial charge in [-0.15, -0.1) is 0 Å². The van der Waals surface area contributed by atoms with Gasteiger partial charge >= 0.3 is 5.97 Å². The molecular formula is C13H19FN2O2. The van der Waals surface area contributed by atoms with E-state index in [2.05, 4.69) is 12.2 Å². The molecule has 0 saturated carbocycles. The van der Waals surface area contributed by atoms with Crippen LogP contribution in [0.1, 0.15) is 43.0 Å². The van der Waals surface area contributed by atoms with Crippen LogP contribution >= 0.6 is 0 Å². The van der Waals surface area contributed by atoms with Gasteiger partial charge in [-0.1, -0.05) is 26.2 Å². The standard InChI is InChI=1S/C13H19FN2O2/c1-2-3-4-5-6-16-12-7-9(13(17)18)11(15)8-10(12)14/h7-8,16H,2-6,15H2,1H3,(H,17,18). The predicted molar refractivity (Wildman–Crippen MR) is 70.4 cm³/mol. The summed E-state index contributed by atoms with van der Waals surface area (Å²) in [4.78, 5) is 10.9. The van der Waals surface area contributed by atoms with Crippen LogP contribution in [0, 0.1) is 5.82 Å². The minimum absolute atomic E-state index is 0.0588. The number of halogens is 1. The molecule has 0 amide bonds. The van der Waals surface area contributed by atoms with E-state index in [-0.39, 0.29) is 16.9 Å². The van der Waals surface area contributed by atoms with E-state index in [0.29, 0.717) is 6.54 Å². The Morgan fingerprint density at radius 3 is 2.72 bits per heavy atom. The van der Waals surface area contributed by atoms with Crippen molar-refractivity contribution in [3.05, 3.63) is 23.5 Å². The van der Waals surface area contributed by atoms with Crippen molar-refractivity contribution in [2.45, 2.75) is 32.6 Å². The molecule has 0 fully saturated rings. The monoisotopic (exact) mass is 254 g/mol. The van der Waals surface area contributed by atoms with E-state index in [0.717, 1.165) is 31.7 Å². The van der Waals surface area contributed by atoms with E-state index in [1.54, 1.807) is 0 Å². The van der Waals surface area contributed by atoms with Crippen molar-refractivity contribution in [2.24, 2.45) is 0 Å². The summed E-state index contributed by atoms with van der Waals surface area (Å²) in [6, 6.07) is 2.28. The molecule has 100 valence electrons. The zero-order valence-electron chi connectivity index (χ0n) is 10.5. The van der Waals surface area contributed by atoms with E-state index in [4.69, 9.17) is 10.8 Å². The van der Waals surface area contributed by atoms with Gasteiger partial charge in [0.05, 0.1) is 11.3 Å². The number of unbranched alkanes of at least 4 members (excludes halogenated alkanes) is 3. The molecule has 0 aliphatic heterocycles. The summed E-state index contributed by atoms with van der Waals surface area (Å²) >= 11 is 0. The van der Waals surface area contributed by atoms with E-state index in [9.17, 15) is 9.18 Å². The lowest BCUT2D eigenvalue weighted by molar-refractivity contribution is 0.0698. The first-order valence-corrected chi connectivity index (χ1v) is 6.12. The van der Waals surface area contributed by atoms with E-state index in [1.807, 2.05) is 0 Å². The van der Waals surface area contributed by atoms with Crippen LogP contribution in [0.4, 0.5) is 15.8 Å². The van der Waals surface area contributed by atoms with Crippen molar-refractivity contribution in [3.63, 3.8) is 0 Å². The normalized spacial score (nSPS) is 10.3. The maximum atomic E-state index is 13.5. The van der Waals surface area contributed by atoms with Crippen LogP contribution in [0.5, 0.6) is 0 Å². The summed E-state index contributed by atoms with van der Waals surface area (Å²) in [5.74, 6) is -1.67. The fourth-order valence-corrected chi connectivity index (χ4v) is 1.68. The van der Waals surface area contributed by atoms with Crippen molar-refractivity contribution in [1.82, 2.24) is 0 Å². The molecular weight excluding hydrogens is 235 g/mol. The van der Waals surface area contributed by atoms with Gasteiger partial charge in [0, 0.05) is 12.2 Å². The highest BCUT2D eigenvalue weighted by Crippen LogP contribution is 2.22. The number of carboxylic acids is 1. The molecule has 0 radical (unpaired) electrons. The Morgan fingerprint density at radius 2 is 2.11 bits per heavy atom. The first kappa shape index (κ1) is 14.3. The van der Waals surface area contributed by atoms with Gasteiger partial charge in [-0.3, -0.25) is 0 Å². The second kappa shape index (κ2) is 6.83. The molecule has 1 aromatic rings. The fraction of sp³-hybridized carbons (Fsp3) is 0.462. The Bertz CT molecular complexity index is 422. The SMILES string of the molecule is CCCCCCNc1cc(C(=O)O)c(N)cc1F. The van der Waals surface area contributed by atoms with E-state index < -0.39 is 11.8 Å². The van der Waals surface area contributed by atoms with Crippen molar-refractivity contribution in [2.75, 3.05) is 17.6 Å². The van der Waals surface area contributed by atoms with Crippen LogP contribution in [0.15, 0.2) is 12.1 Å². The van der Waals surface area contributed by atoms with Crippen LogP contribution in [-0.2, 0) is 0 Å². The molecule has 0 spiro atoms. The van der Waals surface area contributed by atoms with Crippen LogP contribution in [0.2, 0.25) is 0 Å². The number of nitrogens with two attached hydrogens (primary N) is 1. The van der Waals surface area contributed by atoms with Gasteiger partial charge in [-0.2, -0.15) is 0 Å². The minimum Gasteiger partial charge on any atom is -0.478 e. The number of nitrogens with one attached hydrogen (secondary N) is 1. The van der Waals surface area contributed by atoms with E-state index in [1.165, 1.54) is 6.07 Å². The molecule has 0 bridgehead atoms. The topological polar surface area (TPSA) is 75.3 Å². The van der Waals surface area contributed by atoms with Gasteiger partial charge in [0.15, 0.2) is 0 Å². The second-order valence-electron chi connectivity index (χ2n) is 4.21. The van der Waals surface area contributed by atoms with E-state index >= 15 is 0 Å². The summed E-state index contributed by atoms with van der Waals surface area (Å²) in [6.07, 6.45) is 4.29. The number of nitrogen functional groups attached to an aromatic ring is 1. The molecule has 18 heavy (non-hydrogen) atoms. The largest absolute Gasteiger partial charge is 0.478 e. The summed E-state index contributed by atoms with van der Waals surface area (Å²) < 4.78 is 13.5. The van der Waals surface area contributed by atoms with Crippen LogP contribution in [0.3, 0.4) is 0 Å². The Kier molecular flexibility index (Phi) is 5.42.